The first-order valence-corrected chi connectivity index (χ1v) is 8.16. The van der Waals surface area contributed by atoms with Crippen LogP contribution in [0.15, 0.2) is 24.3 Å². The van der Waals surface area contributed by atoms with Crippen LogP contribution in [0.2, 0.25) is 0 Å². The van der Waals surface area contributed by atoms with Crippen LogP contribution in [0.25, 0.3) is 0 Å². The smallest absolute Gasteiger partial charge is 0.319 e. The molecule has 1 fully saturated rings. The molecule has 0 bridgehead atoms. The highest BCUT2D eigenvalue weighted by Gasteiger charge is 2.26. The molecule has 0 saturated carbocycles. The van der Waals surface area contributed by atoms with Crippen molar-refractivity contribution in [1.82, 2.24) is 15.1 Å². The third-order valence-electron chi connectivity index (χ3n) is 4.25. The molecule has 3 amide bonds. The van der Waals surface area contributed by atoms with Crippen molar-refractivity contribution in [3.63, 3.8) is 0 Å². The third-order valence-corrected chi connectivity index (χ3v) is 4.25. The Hall–Kier alpha value is -2.11. The number of amides is 3. The minimum absolute atomic E-state index is 0.0251. The molecule has 0 atom stereocenters. The number of urea groups is 1. The standard InChI is InChI=1S/C17H24FN3O2/c1-3-20(4-2)17(23)21-11-9-13(10-12-21)19-16(22)14-7-5-6-8-15(14)18/h5-8,13H,3-4,9-12H2,1-2H3,(H,19,22). The summed E-state index contributed by atoms with van der Waals surface area (Å²) in [4.78, 5) is 28.0. The van der Waals surface area contributed by atoms with E-state index in [-0.39, 0.29) is 17.6 Å². The number of nitrogens with one attached hydrogen (secondary N) is 1. The Balaban J connectivity index is 1.86. The zero-order chi connectivity index (χ0) is 16.8. The summed E-state index contributed by atoms with van der Waals surface area (Å²) in [7, 11) is 0. The number of benzene rings is 1. The third kappa shape index (κ3) is 4.21. The Morgan fingerprint density at radius 3 is 2.39 bits per heavy atom. The van der Waals surface area contributed by atoms with E-state index in [0.717, 1.165) is 0 Å². The summed E-state index contributed by atoms with van der Waals surface area (Å²) in [6.07, 6.45) is 1.38. The minimum atomic E-state index is -0.515. The predicted octanol–water partition coefficient (Wildman–Crippen LogP) is 2.48. The normalized spacial score (nSPS) is 15.3. The number of rotatable bonds is 4. The fourth-order valence-electron chi connectivity index (χ4n) is 2.82. The maximum absolute atomic E-state index is 13.6. The maximum Gasteiger partial charge on any atom is 0.319 e. The zero-order valence-corrected chi connectivity index (χ0v) is 13.7. The second kappa shape index (κ2) is 7.94. The molecule has 1 saturated heterocycles. The summed E-state index contributed by atoms with van der Waals surface area (Å²) in [5.74, 6) is -0.907. The molecule has 5 nitrogen and oxygen atoms in total. The number of hydrogen-bond donors (Lipinski definition) is 1. The van der Waals surface area contributed by atoms with Gasteiger partial charge in [0.05, 0.1) is 5.56 Å². The Kier molecular flexibility index (Phi) is 5.96. The number of nitrogens with zero attached hydrogens (tertiary/aromatic N) is 2. The lowest BCUT2D eigenvalue weighted by molar-refractivity contribution is 0.0907. The van der Waals surface area contributed by atoms with Crippen LogP contribution in [-0.2, 0) is 0 Å². The van der Waals surface area contributed by atoms with Gasteiger partial charge < -0.3 is 15.1 Å². The molecule has 1 aliphatic heterocycles. The van der Waals surface area contributed by atoms with Gasteiger partial charge in [-0.2, -0.15) is 0 Å². The van der Waals surface area contributed by atoms with Gasteiger partial charge in [-0.3, -0.25) is 4.79 Å². The van der Waals surface area contributed by atoms with E-state index < -0.39 is 11.7 Å². The first kappa shape index (κ1) is 17.2. The first-order valence-electron chi connectivity index (χ1n) is 8.16. The van der Waals surface area contributed by atoms with Gasteiger partial charge in [-0.1, -0.05) is 12.1 Å². The van der Waals surface area contributed by atoms with Crippen LogP contribution in [0.3, 0.4) is 0 Å². The van der Waals surface area contributed by atoms with Gasteiger partial charge in [0.1, 0.15) is 5.82 Å². The summed E-state index contributed by atoms with van der Waals surface area (Å²) >= 11 is 0. The maximum atomic E-state index is 13.6. The summed E-state index contributed by atoms with van der Waals surface area (Å²) in [6, 6.07) is 5.98. The van der Waals surface area contributed by atoms with E-state index in [9.17, 15) is 14.0 Å². The van der Waals surface area contributed by atoms with E-state index in [0.29, 0.717) is 39.0 Å². The van der Waals surface area contributed by atoms with Gasteiger partial charge >= 0.3 is 6.03 Å². The Morgan fingerprint density at radius 1 is 1.22 bits per heavy atom. The van der Waals surface area contributed by atoms with Crippen LogP contribution in [0.4, 0.5) is 9.18 Å². The second-order valence-corrected chi connectivity index (χ2v) is 5.67. The van der Waals surface area contributed by atoms with Crippen LogP contribution in [-0.4, -0.2) is 54.0 Å². The number of carbonyl (C=O) groups excluding carboxylic acids is 2. The van der Waals surface area contributed by atoms with Gasteiger partial charge in [0.15, 0.2) is 0 Å². The molecule has 1 aromatic carbocycles. The predicted molar refractivity (Wildman–Crippen MR) is 86.8 cm³/mol. The Morgan fingerprint density at radius 2 is 1.83 bits per heavy atom. The summed E-state index contributed by atoms with van der Waals surface area (Å²) in [5, 5.41) is 2.86. The fraction of sp³-hybridized carbons (Fsp3) is 0.529. The highest BCUT2D eigenvalue weighted by molar-refractivity contribution is 5.94. The molecule has 1 aromatic rings. The molecule has 6 heteroatoms. The van der Waals surface area contributed by atoms with Crippen molar-refractivity contribution in [3.05, 3.63) is 35.6 Å². The van der Waals surface area contributed by atoms with E-state index >= 15 is 0 Å². The largest absolute Gasteiger partial charge is 0.349 e. The molecule has 0 spiro atoms. The lowest BCUT2D eigenvalue weighted by Gasteiger charge is -2.35. The van der Waals surface area contributed by atoms with Gasteiger partial charge in [0, 0.05) is 32.2 Å². The van der Waals surface area contributed by atoms with Crippen molar-refractivity contribution in [2.45, 2.75) is 32.7 Å². The highest BCUT2D eigenvalue weighted by atomic mass is 19.1. The SMILES string of the molecule is CCN(CC)C(=O)N1CCC(NC(=O)c2ccccc2F)CC1. The molecule has 1 N–H and O–H groups in total. The molecule has 0 aromatic heterocycles. The van der Waals surface area contributed by atoms with Gasteiger partial charge in [0.2, 0.25) is 0 Å². The Bertz CT molecular complexity index is 553. The summed E-state index contributed by atoms with van der Waals surface area (Å²) in [5.41, 5.74) is 0.0640. The van der Waals surface area contributed by atoms with E-state index in [1.54, 1.807) is 17.0 Å². The van der Waals surface area contributed by atoms with Gasteiger partial charge in [-0.25, -0.2) is 9.18 Å². The van der Waals surface area contributed by atoms with Crippen molar-refractivity contribution in [2.24, 2.45) is 0 Å². The van der Waals surface area contributed by atoms with Crippen molar-refractivity contribution in [2.75, 3.05) is 26.2 Å². The van der Waals surface area contributed by atoms with Gasteiger partial charge in [-0.05, 0) is 38.8 Å². The minimum Gasteiger partial charge on any atom is -0.349 e. The number of halogens is 1. The van der Waals surface area contributed by atoms with E-state index in [2.05, 4.69) is 5.32 Å². The van der Waals surface area contributed by atoms with Crippen LogP contribution < -0.4 is 5.32 Å². The van der Waals surface area contributed by atoms with Gasteiger partial charge in [0.25, 0.3) is 5.91 Å². The van der Waals surface area contributed by atoms with E-state index in [1.165, 1.54) is 12.1 Å². The average Bonchev–Trinajstić information content (AvgIpc) is 2.57. The van der Waals surface area contributed by atoms with Crippen LogP contribution in [0.1, 0.15) is 37.0 Å². The highest BCUT2D eigenvalue weighted by Crippen LogP contribution is 2.14. The summed E-state index contributed by atoms with van der Waals surface area (Å²) < 4.78 is 13.6. The molecule has 23 heavy (non-hydrogen) atoms. The monoisotopic (exact) mass is 321 g/mol. The van der Waals surface area contributed by atoms with Crippen molar-refractivity contribution >= 4 is 11.9 Å². The quantitative estimate of drug-likeness (QED) is 0.926. The van der Waals surface area contributed by atoms with Crippen LogP contribution >= 0.6 is 0 Å². The average molecular weight is 321 g/mol. The van der Waals surface area contributed by atoms with Gasteiger partial charge in [-0.15, -0.1) is 0 Å². The lowest BCUT2D eigenvalue weighted by Crippen LogP contribution is -2.50. The van der Waals surface area contributed by atoms with Crippen molar-refractivity contribution in [1.29, 1.82) is 0 Å². The van der Waals surface area contributed by atoms with Crippen LogP contribution in [0, 0.1) is 5.82 Å². The van der Waals surface area contributed by atoms with E-state index in [4.69, 9.17) is 0 Å². The zero-order valence-electron chi connectivity index (χ0n) is 13.7. The molecule has 0 aliphatic carbocycles. The lowest BCUT2D eigenvalue weighted by atomic mass is 10.0. The summed E-state index contributed by atoms with van der Waals surface area (Å²) in [6.45, 7) is 6.53. The Labute approximate surface area is 136 Å². The molecule has 0 radical (unpaired) electrons. The van der Waals surface area contributed by atoms with E-state index in [1.807, 2.05) is 18.7 Å². The number of hydrogen-bond acceptors (Lipinski definition) is 2. The molecule has 0 unspecified atom stereocenters. The van der Waals surface area contributed by atoms with Crippen molar-refractivity contribution < 1.29 is 14.0 Å². The fourth-order valence-corrected chi connectivity index (χ4v) is 2.82. The molecule has 126 valence electrons. The molecular formula is C17H24FN3O2. The molecular weight excluding hydrogens is 297 g/mol. The molecule has 1 aliphatic rings. The first-order chi connectivity index (χ1) is 11.1. The number of carbonyl (C=O) groups is 2. The number of piperidine rings is 1. The number of likely N-dealkylation sites (tertiary alicyclic amines) is 1. The van der Waals surface area contributed by atoms with Crippen molar-refractivity contribution in [3.8, 4) is 0 Å². The second-order valence-electron chi connectivity index (χ2n) is 5.67. The topological polar surface area (TPSA) is 52.7 Å². The molecule has 1 heterocycles. The molecule has 2 rings (SSSR count). The van der Waals surface area contributed by atoms with Crippen LogP contribution in [0.5, 0.6) is 0 Å².